The molecule has 0 fully saturated rings. The number of likely N-dealkylation sites (N-methyl/N-ethyl adjacent to an activating group) is 1. The van der Waals surface area contributed by atoms with Gasteiger partial charge in [0, 0.05) is 25.7 Å². The van der Waals surface area contributed by atoms with Gasteiger partial charge in [-0.25, -0.2) is 4.98 Å². The topological polar surface area (TPSA) is 96.2 Å². The number of aryl methyl sites for hydroxylation is 1. The highest BCUT2D eigenvalue weighted by atomic mass is 16.6. The van der Waals surface area contributed by atoms with Crippen LogP contribution in [0.15, 0.2) is 0 Å². The van der Waals surface area contributed by atoms with Gasteiger partial charge >= 0.3 is 5.69 Å². The van der Waals surface area contributed by atoms with E-state index in [4.69, 9.17) is 0 Å². The SMILES string of the molecule is CCNc1nc(C)c([N+](=O)[O-])c(NCCN(C)C(C)C)n1. The minimum Gasteiger partial charge on any atom is -0.363 e. The molecule has 0 aliphatic heterocycles. The summed E-state index contributed by atoms with van der Waals surface area (Å²) in [5, 5.41) is 17.2. The molecule has 1 rings (SSSR count). The highest BCUT2D eigenvalue weighted by molar-refractivity contribution is 5.60. The second-order valence-electron chi connectivity index (χ2n) is 5.12. The molecule has 0 bridgehead atoms. The molecule has 8 nitrogen and oxygen atoms in total. The van der Waals surface area contributed by atoms with E-state index >= 15 is 0 Å². The van der Waals surface area contributed by atoms with Crippen LogP contribution in [0.4, 0.5) is 17.5 Å². The number of nitrogens with one attached hydrogen (secondary N) is 2. The zero-order valence-electron chi connectivity index (χ0n) is 13.3. The van der Waals surface area contributed by atoms with Gasteiger partial charge in [-0.2, -0.15) is 4.98 Å². The summed E-state index contributed by atoms with van der Waals surface area (Å²) in [6.07, 6.45) is 0. The molecule has 0 unspecified atom stereocenters. The fourth-order valence-corrected chi connectivity index (χ4v) is 1.75. The minimum absolute atomic E-state index is 0.0659. The van der Waals surface area contributed by atoms with Crippen LogP contribution in [0.3, 0.4) is 0 Å². The third-order valence-corrected chi connectivity index (χ3v) is 3.21. The molecular formula is C13H24N6O2. The summed E-state index contributed by atoms with van der Waals surface area (Å²) in [6.45, 7) is 9.75. The highest BCUT2D eigenvalue weighted by Gasteiger charge is 2.21. The summed E-state index contributed by atoms with van der Waals surface area (Å²) < 4.78 is 0. The first-order chi connectivity index (χ1) is 9.86. The summed E-state index contributed by atoms with van der Waals surface area (Å²) in [5.41, 5.74) is 0.287. The van der Waals surface area contributed by atoms with E-state index < -0.39 is 4.92 Å². The molecule has 1 aromatic heterocycles. The average molecular weight is 296 g/mol. The number of rotatable bonds is 8. The molecule has 0 aromatic carbocycles. The van der Waals surface area contributed by atoms with Crippen molar-refractivity contribution in [3.05, 3.63) is 15.8 Å². The van der Waals surface area contributed by atoms with Crippen LogP contribution in [-0.2, 0) is 0 Å². The van der Waals surface area contributed by atoms with E-state index in [1.54, 1.807) is 6.92 Å². The Morgan fingerprint density at radius 2 is 2.00 bits per heavy atom. The van der Waals surface area contributed by atoms with Gasteiger partial charge in [-0.15, -0.1) is 0 Å². The van der Waals surface area contributed by atoms with Crippen molar-refractivity contribution in [1.29, 1.82) is 0 Å². The van der Waals surface area contributed by atoms with Gasteiger partial charge in [-0.1, -0.05) is 0 Å². The van der Waals surface area contributed by atoms with Crippen molar-refractivity contribution in [1.82, 2.24) is 14.9 Å². The lowest BCUT2D eigenvalue weighted by Crippen LogP contribution is -2.31. The number of nitrogens with zero attached hydrogens (tertiary/aromatic N) is 4. The van der Waals surface area contributed by atoms with Gasteiger partial charge in [0.1, 0.15) is 5.69 Å². The van der Waals surface area contributed by atoms with Crippen LogP contribution in [0, 0.1) is 17.0 Å². The fraction of sp³-hybridized carbons (Fsp3) is 0.692. The monoisotopic (exact) mass is 296 g/mol. The number of aromatic nitrogens is 2. The normalized spacial score (nSPS) is 11.0. The van der Waals surface area contributed by atoms with Gasteiger partial charge in [-0.3, -0.25) is 10.1 Å². The lowest BCUT2D eigenvalue weighted by Gasteiger charge is -2.21. The van der Waals surface area contributed by atoms with E-state index in [9.17, 15) is 10.1 Å². The van der Waals surface area contributed by atoms with Crippen molar-refractivity contribution < 1.29 is 4.92 Å². The molecule has 2 N–H and O–H groups in total. The van der Waals surface area contributed by atoms with Crippen LogP contribution in [0.5, 0.6) is 0 Å². The first-order valence-electron chi connectivity index (χ1n) is 7.07. The smallest absolute Gasteiger partial charge is 0.332 e. The summed E-state index contributed by atoms with van der Waals surface area (Å²) in [6, 6.07) is 0.422. The number of hydrogen-bond donors (Lipinski definition) is 2. The molecule has 8 heteroatoms. The summed E-state index contributed by atoms with van der Waals surface area (Å²) in [7, 11) is 2.01. The molecule has 118 valence electrons. The maximum Gasteiger partial charge on any atom is 0.332 e. The lowest BCUT2D eigenvalue weighted by molar-refractivity contribution is -0.385. The van der Waals surface area contributed by atoms with E-state index in [0.29, 0.717) is 30.8 Å². The average Bonchev–Trinajstić information content (AvgIpc) is 2.37. The van der Waals surface area contributed by atoms with E-state index in [1.165, 1.54) is 0 Å². The van der Waals surface area contributed by atoms with Gasteiger partial charge in [0.15, 0.2) is 0 Å². The second kappa shape index (κ2) is 7.72. The maximum absolute atomic E-state index is 11.2. The van der Waals surface area contributed by atoms with Crippen molar-refractivity contribution >= 4 is 17.5 Å². The van der Waals surface area contributed by atoms with Gasteiger partial charge in [0.25, 0.3) is 0 Å². The van der Waals surface area contributed by atoms with Crippen LogP contribution in [0.1, 0.15) is 26.5 Å². The minimum atomic E-state index is -0.445. The predicted molar refractivity (Wildman–Crippen MR) is 83.8 cm³/mol. The third-order valence-electron chi connectivity index (χ3n) is 3.21. The van der Waals surface area contributed by atoms with Crippen LogP contribution >= 0.6 is 0 Å². The van der Waals surface area contributed by atoms with Gasteiger partial charge in [0.2, 0.25) is 11.8 Å². The van der Waals surface area contributed by atoms with Gasteiger partial charge in [0.05, 0.1) is 4.92 Å². The molecule has 0 atom stereocenters. The molecule has 0 saturated heterocycles. The zero-order chi connectivity index (χ0) is 16.0. The van der Waals surface area contributed by atoms with E-state index in [0.717, 1.165) is 6.54 Å². The van der Waals surface area contributed by atoms with Crippen LogP contribution in [-0.4, -0.2) is 52.5 Å². The Hall–Kier alpha value is -1.96. The molecule has 0 spiro atoms. The Kier molecular flexibility index (Phi) is 6.29. The zero-order valence-corrected chi connectivity index (χ0v) is 13.3. The van der Waals surface area contributed by atoms with Crippen molar-refractivity contribution in [2.45, 2.75) is 33.7 Å². The number of anilines is 2. The highest BCUT2D eigenvalue weighted by Crippen LogP contribution is 2.26. The molecule has 1 heterocycles. The van der Waals surface area contributed by atoms with Crippen LogP contribution in [0.25, 0.3) is 0 Å². The number of hydrogen-bond acceptors (Lipinski definition) is 7. The molecule has 0 amide bonds. The first-order valence-corrected chi connectivity index (χ1v) is 7.07. The molecule has 1 aromatic rings. The van der Waals surface area contributed by atoms with Crippen molar-refractivity contribution in [3.8, 4) is 0 Å². The van der Waals surface area contributed by atoms with Gasteiger partial charge < -0.3 is 15.5 Å². The molecule has 21 heavy (non-hydrogen) atoms. The summed E-state index contributed by atoms with van der Waals surface area (Å²) >= 11 is 0. The molecule has 0 radical (unpaired) electrons. The van der Waals surface area contributed by atoms with Gasteiger partial charge in [-0.05, 0) is 34.7 Å². The lowest BCUT2D eigenvalue weighted by atomic mass is 10.3. The summed E-state index contributed by atoms with van der Waals surface area (Å²) in [5.74, 6) is 0.668. The van der Waals surface area contributed by atoms with E-state index in [1.807, 2.05) is 14.0 Å². The largest absolute Gasteiger partial charge is 0.363 e. The van der Waals surface area contributed by atoms with E-state index in [-0.39, 0.29) is 11.5 Å². The number of nitro groups is 1. The molecular weight excluding hydrogens is 272 g/mol. The Labute approximate surface area is 125 Å². The predicted octanol–water partition coefficient (Wildman–Crippen LogP) is 1.88. The third kappa shape index (κ3) is 4.82. The Morgan fingerprint density at radius 1 is 1.33 bits per heavy atom. The fourth-order valence-electron chi connectivity index (χ4n) is 1.75. The van der Waals surface area contributed by atoms with Crippen LogP contribution < -0.4 is 10.6 Å². The first kappa shape index (κ1) is 17.1. The Morgan fingerprint density at radius 3 is 2.52 bits per heavy atom. The molecule has 0 saturated carbocycles. The standard InChI is InChI=1S/C13H24N6O2/c1-6-14-13-16-10(4)11(19(20)21)12(17-13)15-7-8-18(5)9(2)3/h9H,6-8H2,1-5H3,(H2,14,15,16,17). The maximum atomic E-state index is 11.2. The van der Waals surface area contributed by atoms with Crippen molar-refractivity contribution in [2.24, 2.45) is 0 Å². The van der Waals surface area contributed by atoms with Crippen molar-refractivity contribution in [2.75, 3.05) is 37.3 Å². The second-order valence-corrected chi connectivity index (χ2v) is 5.12. The molecule has 0 aliphatic carbocycles. The Bertz CT molecular complexity index is 492. The molecule has 0 aliphatic rings. The summed E-state index contributed by atoms with van der Waals surface area (Å²) in [4.78, 5) is 21.2. The quantitative estimate of drug-likeness (QED) is 0.558. The Balaban J connectivity index is 2.89. The van der Waals surface area contributed by atoms with Crippen molar-refractivity contribution in [3.63, 3.8) is 0 Å². The van der Waals surface area contributed by atoms with Crippen LogP contribution in [0.2, 0.25) is 0 Å². The van der Waals surface area contributed by atoms with E-state index in [2.05, 4.69) is 39.3 Å².